The number of aromatic nitrogens is 2. The molecule has 154 valence electrons. The molecule has 1 aromatic carbocycles. The summed E-state index contributed by atoms with van der Waals surface area (Å²) in [6.07, 6.45) is 7.77. The molecular weight excluding hydrogens is 356 g/mol. The molecule has 0 spiro atoms. The maximum Gasteiger partial charge on any atom is 0.170 e. The van der Waals surface area contributed by atoms with Gasteiger partial charge in [0.1, 0.15) is 19.0 Å². The molecule has 6 nitrogen and oxygen atoms in total. The second-order valence-electron chi connectivity index (χ2n) is 7.13. The van der Waals surface area contributed by atoms with Gasteiger partial charge in [0.2, 0.25) is 0 Å². The van der Waals surface area contributed by atoms with Gasteiger partial charge < -0.3 is 23.9 Å². The monoisotopic (exact) mass is 388 g/mol. The third-order valence-corrected chi connectivity index (χ3v) is 5.27. The van der Waals surface area contributed by atoms with E-state index in [0.29, 0.717) is 32.3 Å². The Hall–Kier alpha value is -2.05. The summed E-state index contributed by atoms with van der Waals surface area (Å²) in [4.78, 5) is 8.19. The predicted octanol–water partition coefficient (Wildman–Crippen LogP) is 4.35. The van der Waals surface area contributed by atoms with Crippen molar-refractivity contribution in [1.82, 2.24) is 9.97 Å². The number of H-pyrrole nitrogens is 1. The largest absolute Gasteiger partial charge is 0.487 e. The molecule has 28 heavy (non-hydrogen) atoms. The van der Waals surface area contributed by atoms with Crippen molar-refractivity contribution >= 4 is 0 Å². The van der Waals surface area contributed by atoms with Crippen molar-refractivity contribution in [3.05, 3.63) is 29.7 Å². The van der Waals surface area contributed by atoms with E-state index in [-0.39, 0.29) is 0 Å². The highest BCUT2D eigenvalue weighted by Gasteiger charge is 2.22. The fraction of sp³-hybridized carbons (Fsp3) is 0.591. The molecule has 1 aliphatic carbocycles. The molecule has 0 radical (unpaired) electrons. The molecule has 2 aromatic rings. The van der Waals surface area contributed by atoms with Crippen molar-refractivity contribution in [3.63, 3.8) is 0 Å². The second-order valence-corrected chi connectivity index (χ2v) is 7.13. The van der Waals surface area contributed by atoms with Gasteiger partial charge in [0.15, 0.2) is 11.5 Å². The molecule has 0 aliphatic heterocycles. The van der Waals surface area contributed by atoms with Gasteiger partial charge in [-0.05, 0) is 30.9 Å². The zero-order chi connectivity index (χ0) is 19.8. The SMILES string of the molecule is CCc1ccc(-c2cnc(C3CCCC3)[nH]2)c(OCCOC)c1OCCOC. The summed E-state index contributed by atoms with van der Waals surface area (Å²) < 4.78 is 22.5. The average molecular weight is 389 g/mol. The molecule has 1 fully saturated rings. The lowest BCUT2D eigenvalue weighted by molar-refractivity contribution is 0.132. The van der Waals surface area contributed by atoms with Crippen molar-refractivity contribution in [2.75, 3.05) is 40.6 Å². The number of methoxy groups -OCH3 is 2. The minimum Gasteiger partial charge on any atom is -0.487 e. The number of aryl methyl sites for hydroxylation is 1. The van der Waals surface area contributed by atoms with Gasteiger partial charge in [-0.2, -0.15) is 0 Å². The van der Waals surface area contributed by atoms with Gasteiger partial charge in [-0.15, -0.1) is 0 Å². The number of ether oxygens (including phenoxy) is 4. The van der Waals surface area contributed by atoms with E-state index in [9.17, 15) is 0 Å². The van der Waals surface area contributed by atoms with E-state index < -0.39 is 0 Å². The number of aromatic amines is 1. The zero-order valence-corrected chi connectivity index (χ0v) is 17.3. The lowest BCUT2D eigenvalue weighted by atomic mass is 10.0. The van der Waals surface area contributed by atoms with Crippen molar-refractivity contribution in [1.29, 1.82) is 0 Å². The molecular formula is C22H32N2O4. The first-order chi connectivity index (χ1) is 13.8. The van der Waals surface area contributed by atoms with Crippen LogP contribution in [0.3, 0.4) is 0 Å². The molecule has 0 unspecified atom stereocenters. The van der Waals surface area contributed by atoms with Gasteiger partial charge in [0, 0.05) is 25.7 Å². The van der Waals surface area contributed by atoms with E-state index in [4.69, 9.17) is 18.9 Å². The lowest BCUT2D eigenvalue weighted by Crippen LogP contribution is -2.11. The lowest BCUT2D eigenvalue weighted by Gasteiger charge is -2.19. The molecule has 1 saturated carbocycles. The molecule has 0 amide bonds. The molecule has 3 rings (SSSR count). The molecule has 1 N–H and O–H groups in total. The molecule has 0 atom stereocenters. The molecule has 1 aliphatic rings. The summed E-state index contributed by atoms with van der Waals surface area (Å²) in [6.45, 7) is 4.10. The number of nitrogens with one attached hydrogen (secondary N) is 1. The van der Waals surface area contributed by atoms with Crippen LogP contribution >= 0.6 is 0 Å². The van der Waals surface area contributed by atoms with Crippen LogP contribution in [-0.2, 0) is 15.9 Å². The Morgan fingerprint density at radius 2 is 1.64 bits per heavy atom. The zero-order valence-electron chi connectivity index (χ0n) is 17.3. The third-order valence-electron chi connectivity index (χ3n) is 5.27. The summed E-state index contributed by atoms with van der Waals surface area (Å²) in [7, 11) is 3.34. The van der Waals surface area contributed by atoms with E-state index >= 15 is 0 Å². The van der Waals surface area contributed by atoms with Gasteiger partial charge in [0.05, 0.1) is 25.1 Å². The summed E-state index contributed by atoms with van der Waals surface area (Å²) in [5.41, 5.74) is 3.05. The number of rotatable bonds is 11. The Bertz CT molecular complexity index is 738. The second kappa shape index (κ2) is 10.5. The Morgan fingerprint density at radius 1 is 0.964 bits per heavy atom. The van der Waals surface area contributed by atoms with Gasteiger partial charge in [-0.1, -0.05) is 25.8 Å². The Morgan fingerprint density at radius 3 is 2.29 bits per heavy atom. The van der Waals surface area contributed by atoms with E-state index in [0.717, 1.165) is 40.6 Å². The van der Waals surface area contributed by atoms with Crippen LogP contribution in [0.25, 0.3) is 11.3 Å². The summed E-state index contributed by atoms with van der Waals surface area (Å²) in [5, 5.41) is 0. The highest BCUT2D eigenvalue weighted by atomic mass is 16.5. The van der Waals surface area contributed by atoms with E-state index in [2.05, 4.69) is 29.0 Å². The first-order valence-electron chi connectivity index (χ1n) is 10.2. The molecule has 1 heterocycles. The quantitative estimate of drug-likeness (QED) is 0.580. The first-order valence-corrected chi connectivity index (χ1v) is 10.2. The standard InChI is InChI=1S/C22H32N2O4/c1-4-16-9-10-18(19-15-23-22(24-19)17-7-5-6-8-17)21(28-14-12-26-3)20(16)27-13-11-25-2/h9-10,15,17H,4-8,11-14H2,1-3H3,(H,23,24). The van der Waals surface area contributed by atoms with Crippen LogP contribution in [0.15, 0.2) is 18.3 Å². The van der Waals surface area contributed by atoms with Gasteiger partial charge in [-0.25, -0.2) is 4.98 Å². The Labute approximate surface area is 167 Å². The average Bonchev–Trinajstić information content (AvgIpc) is 3.40. The first kappa shape index (κ1) is 20.7. The number of imidazole rings is 1. The molecule has 6 heteroatoms. The molecule has 1 aromatic heterocycles. The Kier molecular flexibility index (Phi) is 7.74. The van der Waals surface area contributed by atoms with Gasteiger partial charge in [0.25, 0.3) is 0 Å². The Balaban J connectivity index is 1.94. The fourth-order valence-corrected chi connectivity index (χ4v) is 3.73. The number of hydrogen-bond donors (Lipinski definition) is 1. The van der Waals surface area contributed by atoms with Crippen LogP contribution in [-0.4, -0.2) is 50.6 Å². The van der Waals surface area contributed by atoms with E-state index in [1.54, 1.807) is 14.2 Å². The minimum atomic E-state index is 0.459. The number of hydrogen-bond acceptors (Lipinski definition) is 5. The fourth-order valence-electron chi connectivity index (χ4n) is 3.73. The maximum absolute atomic E-state index is 6.13. The summed E-state index contributed by atoms with van der Waals surface area (Å²) in [5.74, 6) is 3.15. The highest BCUT2D eigenvalue weighted by molar-refractivity contribution is 5.72. The predicted molar refractivity (Wildman–Crippen MR) is 109 cm³/mol. The normalized spacial score (nSPS) is 14.5. The van der Waals surface area contributed by atoms with Crippen molar-refractivity contribution in [3.8, 4) is 22.8 Å². The van der Waals surface area contributed by atoms with Crippen LogP contribution in [0.4, 0.5) is 0 Å². The number of nitrogens with zero attached hydrogens (tertiary/aromatic N) is 1. The van der Waals surface area contributed by atoms with Crippen molar-refractivity contribution in [2.45, 2.75) is 44.9 Å². The third kappa shape index (κ3) is 4.86. The van der Waals surface area contributed by atoms with Crippen molar-refractivity contribution < 1.29 is 18.9 Å². The van der Waals surface area contributed by atoms with E-state index in [1.165, 1.54) is 25.7 Å². The molecule has 0 saturated heterocycles. The van der Waals surface area contributed by atoms with Gasteiger partial charge >= 0.3 is 0 Å². The van der Waals surface area contributed by atoms with Crippen LogP contribution in [0.5, 0.6) is 11.5 Å². The van der Waals surface area contributed by atoms with Crippen LogP contribution in [0, 0.1) is 0 Å². The smallest absolute Gasteiger partial charge is 0.170 e. The van der Waals surface area contributed by atoms with E-state index in [1.807, 2.05) is 6.20 Å². The van der Waals surface area contributed by atoms with Crippen molar-refractivity contribution in [2.24, 2.45) is 0 Å². The summed E-state index contributed by atoms with van der Waals surface area (Å²) >= 11 is 0. The highest BCUT2D eigenvalue weighted by Crippen LogP contribution is 2.41. The van der Waals surface area contributed by atoms with Crippen LogP contribution in [0.1, 0.15) is 49.9 Å². The number of benzene rings is 1. The maximum atomic E-state index is 6.13. The van der Waals surface area contributed by atoms with Gasteiger partial charge in [-0.3, -0.25) is 0 Å². The minimum absolute atomic E-state index is 0.459. The van der Waals surface area contributed by atoms with Crippen LogP contribution in [0.2, 0.25) is 0 Å². The topological polar surface area (TPSA) is 65.6 Å². The molecule has 0 bridgehead atoms. The van der Waals surface area contributed by atoms with Crippen LogP contribution < -0.4 is 9.47 Å². The summed E-state index contributed by atoms with van der Waals surface area (Å²) in [6, 6.07) is 4.20.